The first-order valence-electron chi connectivity index (χ1n) is 10.8. The summed E-state index contributed by atoms with van der Waals surface area (Å²) >= 11 is 0. The molecule has 1 aliphatic rings. The molecular formula is C27H32N4O. The standard InChI is InChI=1S/C17H19N3O.C10H13N/c1-3-5-16(10-15(19)8-13(2)12-21)20-17-7-4-6-14(9-17)11-18;1-11-10-6-8-4-2-3-5-9(8)7-10/h4-10,12,20H,3,19H2,1-2H3;2-5,10-11H,6-7H2,1H3/b13-8+,15-10+,16-5-;. The Kier molecular flexibility index (Phi) is 9.96. The van der Waals surface area contributed by atoms with Gasteiger partial charge in [0.15, 0.2) is 0 Å². The van der Waals surface area contributed by atoms with Crippen LogP contribution in [0.3, 0.4) is 0 Å². The van der Waals surface area contributed by atoms with Gasteiger partial charge in [-0.1, -0.05) is 43.3 Å². The van der Waals surface area contributed by atoms with Crippen molar-refractivity contribution in [1.29, 1.82) is 5.26 Å². The van der Waals surface area contributed by atoms with Crippen LogP contribution in [0.2, 0.25) is 0 Å². The number of hydrogen-bond donors (Lipinski definition) is 3. The van der Waals surface area contributed by atoms with Gasteiger partial charge in [0.2, 0.25) is 0 Å². The molecule has 0 fully saturated rings. The molecule has 0 radical (unpaired) electrons. The number of rotatable bonds is 7. The minimum Gasteiger partial charge on any atom is -0.399 e. The van der Waals surface area contributed by atoms with Crippen LogP contribution in [0.1, 0.15) is 37.0 Å². The minimum atomic E-state index is 0.489. The second kappa shape index (κ2) is 12.9. The van der Waals surface area contributed by atoms with Crippen molar-refractivity contribution in [3.05, 3.63) is 100 Å². The van der Waals surface area contributed by atoms with Crippen molar-refractivity contribution in [3.63, 3.8) is 0 Å². The monoisotopic (exact) mass is 428 g/mol. The van der Waals surface area contributed by atoms with Crippen LogP contribution in [-0.4, -0.2) is 19.4 Å². The number of carbonyl (C=O) groups excluding carboxylic acids is 1. The summed E-state index contributed by atoms with van der Waals surface area (Å²) in [5.41, 5.74) is 12.2. The molecule has 0 heterocycles. The Balaban J connectivity index is 0.000000273. The summed E-state index contributed by atoms with van der Waals surface area (Å²) in [5.74, 6) is 0. The molecule has 3 rings (SSSR count). The van der Waals surface area contributed by atoms with Gasteiger partial charge in [-0.3, -0.25) is 4.79 Å². The number of nitrogens with one attached hydrogen (secondary N) is 2. The maximum Gasteiger partial charge on any atom is 0.145 e. The van der Waals surface area contributed by atoms with E-state index in [9.17, 15) is 4.79 Å². The number of anilines is 1. The summed E-state index contributed by atoms with van der Waals surface area (Å²) < 4.78 is 0. The van der Waals surface area contributed by atoms with E-state index >= 15 is 0 Å². The SMILES string of the molecule is CC/C=C(/C=C(N)\C=C(/C)C=O)Nc1cccc(C#N)c1.CNC1Cc2ccccc2C1. The predicted molar refractivity (Wildman–Crippen MR) is 132 cm³/mol. The second-order valence-corrected chi connectivity index (χ2v) is 7.70. The summed E-state index contributed by atoms with van der Waals surface area (Å²) in [6.07, 6.45) is 9.35. The third-order valence-corrected chi connectivity index (χ3v) is 5.07. The average molecular weight is 429 g/mol. The highest BCUT2D eigenvalue weighted by Gasteiger charge is 2.18. The van der Waals surface area contributed by atoms with Gasteiger partial charge in [-0.05, 0) is 80.3 Å². The first-order valence-corrected chi connectivity index (χ1v) is 10.8. The number of aldehydes is 1. The molecule has 0 unspecified atom stereocenters. The van der Waals surface area contributed by atoms with Crippen molar-refractivity contribution >= 4 is 12.0 Å². The molecule has 0 bridgehead atoms. The molecule has 2 aromatic rings. The Morgan fingerprint density at radius 3 is 2.41 bits per heavy atom. The number of benzene rings is 2. The fourth-order valence-corrected chi connectivity index (χ4v) is 3.48. The molecule has 0 aromatic heterocycles. The van der Waals surface area contributed by atoms with Gasteiger partial charge in [0.25, 0.3) is 0 Å². The Morgan fingerprint density at radius 1 is 1.16 bits per heavy atom. The summed E-state index contributed by atoms with van der Waals surface area (Å²) in [6.45, 7) is 3.71. The fraction of sp³-hybridized carbons (Fsp3) is 0.259. The second-order valence-electron chi connectivity index (χ2n) is 7.70. The fourth-order valence-electron chi connectivity index (χ4n) is 3.48. The van der Waals surface area contributed by atoms with Crippen molar-refractivity contribution in [2.75, 3.05) is 12.4 Å². The van der Waals surface area contributed by atoms with Gasteiger partial charge in [0.1, 0.15) is 6.29 Å². The summed E-state index contributed by atoms with van der Waals surface area (Å²) in [6, 6.07) is 18.7. The first kappa shape index (κ1) is 24.6. The summed E-state index contributed by atoms with van der Waals surface area (Å²) in [7, 11) is 2.04. The van der Waals surface area contributed by atoms with Gasteiger partial charge in [-0.15, -0.1) is 0 Å². The van der Waals surface area contributed by atoms with Gasteiger partial charge >= 0.3 is 0 Å². The molecule has 5 heteroatoms. The normalized spacial score (nSPS) is 14.1. The topological polar surface area (TPSA) is 90.9 Å². The highest BCUT2D eigenvalue weighted by atomic mass is 16.1. The Labute approximate surface area is 191 Å². The van der Waals surface area contributed by atoms with Gasteiger partial charge in [0, 0.05) is 23.1 Å². The molecule has 32 heavy (non-hydrogen) atoms. The average Bonchev–Trinajstić information content (AvgIpc) is 3.23. The molecular weight excluding hydrogens is 396 g/mol. The van der Waals surface area contributed by atoms with E-state index in [1.807, 2.05) is 32.2 Å². The Hall–Kier alpha value is -3.62. The quantitative estimate of drug-likeness (QED) is 0.340. The van der Waals surface area contributed by atoms with Crippen LogP contribution in [0.5, 0.6) is 0 Å². The number of nitriles is 1. The highest BCUT2D eigenvalue weighted by molar-refractivity contribution is 5.73. The lowest BCUT2D eigenvalue weighted by molar-refractivity contribution is -0.104. The van der Waals surface area contributed by atoms with E-state index in [0.717, 1.165) is 24.1 Å². The van der Waals surface area contributed by atoms with Crippen molar-refractivity contribution in [1.82, 2.24) is 5.32 Å². The maximum atomic E-state index is 10.6. The summed E-state index contributed by atoms with van der Waals surface area (Å²) in [4.78, 5) is 10.6. The zero-order chi connectivity index (χ0) is 23.3. The van der Waals surface area contributed by atoms with Gasteiger partial charge < -0.3 is 16.4 Å². The van der Waals surface area contributed by atoms with Crippen LogP contribution < -0.4 is 16.4 Å². The number of allylic oxidation sites excluding steroid dienone is 4. The number of hydrogen-bond acceptors (Lipinski definition) is 5. The van der Waals surface area contributed by atoms with E-state index in [1.54, 1.807) is 31.2 Å². The first-order chi connectivity index (χ1) is 15.5. The van der Waals surface area contributed by atoms with Crippen molar-refractivity contribution in [2.45, 2.75) is 39.2 Å². The Bertz CT molecular complexity index is 1020. The molecule has 0 aliphatic heterocycles. The lowest BCUT2D eigenvalue weighted by atomic mass is 10.1. The predicted octanol–water partition coefficient (Wildman–Crippen LogP) is 4.63. The number of nitrogens with zero attached hydrogens (tertiary/aromatic N) is 1. The molecule has 0 saturated heterocycles. The van der Waals surface area contributed by atoms with Crippen LogP contribution in [0.4, 0.5) is 5.69 Å². The van der Waals surface area contributed by atoms with Gasteiger partial charge in [0.05, 0.1) is 11.6 Å². The molecule has 0 amide bonds. The number of likely N-dealkylation sites (N-methyl/N-ethyl adjacent to an activating group) is 1. The third-order valence-electron chi connectivity index (χ3n) is 5.07. The molecule has 4 N–H and O–H groups in total. The van der Waals surface area contributed by atoms with Crippen molar-refractivity contribution in [3.8, 4) is 6.07 Å². The smallest absolute Gasteiger partial charge is 0.145 e. The molecule has 5 nitrogen and oxygen atoms in total. The van der Waals surface area contributed by atoms with E-state index in [2.05, 4.69) is 41.0 Å². The largest absolute Gasteiger partial charge is 0.399 e. The zero-order valence-electron chi connectivity index (χ0n) is 19.1. The van der Waals surface area contributed by atoms with E-state index in [-0.39, 0.29) is 0 Å². The van der Waals surface area contributed by atoms with Gasteiger partial charge in [-0.25, -0.2) is 0 Å². The minimum absolute atomic E-state index is 0.489. The molecule has 0 saturated carbocycles. The number of fused-ring (bicyclic) bond motifs is 1. The summed E-state index contributed by atoms with van der Waals surface area (Å²) in [5, 5.41) is 15.4. The van der Waals surface area contributed by atoms with E-state index in [1.165, 1.54) is 24.0 Å². The zero-order valence-corrected chi connectivity index (χ0v) is 19.1. The third kappa shape index (κ3) is 7.90. The van der Waals surface area contributed by atoms with Crippen molar-refractivity contribution in [2.24, 2.45) is 5.73 Å². The van der Waals surface area contributed by atoms with Crippen LogP contribution in [0.15, 0.2) is 83.7 Å². The molecule has 2 aromatic carbocycles. The maximum absolute atomic E-state index is 10.6. The lowest BCUT2D eigenvalue weighted by Crippen LogP contribution is -2.24. The Morgan fingerprint density at radius 2 is 1.84 bits per heavy atom. The molecule has 1 aliphatic carbocycles. The number of nitrogens with two attached hydrogens (primary N) is 1. The van der Waals surface area contributed by atoms with Gasteiger partial charge in [-0.2, -0.15) is 5.26 Å². The lowest BCUT2D eigenvalue weighted by Gasteiger charge is -2.08. The van der Waals surface area contributed by atoms with E-state index in [4.69, 9.17) is 11.0 Å². The van der Waals surface area contributed by atoms with Crippen LogP contribution in [0.25, 0.3) is 0 Å². The van der Waals surface area contributed by atoms with E-state index < -0.39 is 0 Å². The molecule has 166 valence electrons. The van der Waals surface area contributed by atoms with Crippen LogP contribution in [0, 0.1) is 11.3 Å². The van der Waals surface area contributed by atoms with Crippen LogP contribution in [-0.2, 0) is 17.6 Å². The van der Waals surface area contributed by atoms with Crippen LogP contribution >= 0.6 is 0 Å². The van der Waals surface area contributed by atoms with E-state index in [0.29, 0.717) is 22.9 Å². The molecule has 0 atom stereocenters. The van der Waals surface area contributed by atoms with Crippen molar-refractivity contribution < 1.29 is 4.79 Å². The highest BCUT2D eigenvalue weighted by Crippen LogP contribution is 2.21. The number of carbonyl (C=O) groups is 1. The molecule has 0 spiro atoms.